The van der Waals surface area contributed by atoms with E-state index in [4.69, 9.17) is 16.3 Å². The van der Waals surface area contributed by atoms with E-state index in [1.165, 1.54) is 4.68 Å². The van der Waals surface area contributed by atoms with Crippen molar-refractivity contribution in [3.63, 3.8) is 0 Å². The van der Waals surface area contributed by atoms with E-state index in [0.29, 0.717) is 12.2 Å². The lowest BCUT2D eigenvalue weighted by Crippen LogP contribution is -2.10. The minimum absolute atomic E-state index is 0.0277. The maximum Gasteiger partial charge on any atom is 0.243 e. The molecule has 0 aliphatic rings. The number of rotatable bonds is 5. The fraction of sp³-hybridized carbons (Fsp3) is 0.273. The maximum absolute atomic E-state index is 10.8. The Kier molecular flexibility index (Phi) is 3.88. The quantitative estimate of drug-likeness (QED) is 0.756. The third-order valence-corrected chi connectivity index (χ3v) is 2.52. The molecule has 7 heteroatoms. The zero-order chi connectivity index (χ0) is 13.0. The van der Waals surface area contributed by atoms with Crippen molar-refractivity contribution in [1.29, 1.82) is 0 Å². The van der Waals surface area contributed by atoms with Crippen molar-refractivity contribution in [1.82, 2.24) is 20.2 Å². The minimum atomic E-state index is -0.502. The Morgan fingerprint density at radius 3 is 2.72 bits per heavy atom. The number of methoxy groups -OCH3 is 1. The summed E-state index contributed by atoms with van der Waals surface area (Å²) in [5, 5.41) is 10.6. The zero-order valence-corrected chi connectivity index (χ0v) is 10.5. The standard InChI is InChI=1S/C11H11ClN4O2/c1-18-9-4-2-8(3-5-9)6-11-13-14-15-16(11)7-10(12)17/h2-5H,6-7H2,1H3. The van der Waals surface area contributed by atoms with Gasteiger partial charge >= 0.3 is 0 Å². The van der Waals surface area contributed by atoms with Gasteiger partial charge in [0.25, 0.3) is 0 Å². The average molecular weight is 267 g/mol. The van der Waals surface area contributed by atoms with Crippen LogP contribution in [0.2, 0.25) is 0 Å². The molecule has 0 N–H and O–H groups in total. The van der Waals surface area contributed by atoms with Crippen molar-refractivity contribution in [2.45, 2.75) is 13.0 Å². The predicted molar refractivity (Wildman–Crippen MR) is 64.5 cm³/mol. The third-order valence-electron chi connectivity index (χ3n) is 2.40. The van der Waals surface area contributed by atoms with Gasteiger partial charge in [-0.1, -0.05) is 12.1 Å². The Morgan fingerprint density at radius 2 is 2.11 bits per heavy atom. The van der Waals surface area contributed by atoms with Crippen molar-refractivity contribution >= 4 is 16.8 Å². The lowest BCUT2D eigenvalue weighted by atomic mass is 10.1. The average Bonchev–Trinajstić information content (AvgIpc) is 2.77. The van der Waals surface area contributed by atoms with Gasteiger partial charge < -0.3 is 4.74 Å². The van der Waals surface area contributed by atoms with E-state index < -0.39 is 5.24 Å². The molecule has 18 heavy (non-hydrogen) atoms. The van der Waals surface area contributed by atoms with Crippen LogP contribution in [0, 0.1) is 0 Å². The number of nitrogens with zero attached hydrogens (tertiary/aromatic N) is 4. The van der Waals surface area contributed by atoms with Crippen LogP contribution in [0.3, 0.4) is 0 Å². The summed E-state index contributed by atoms with van der Waals surface area (Å²) in [6.07, 6.45) is 0.529. The summed E-state index contributed by atoms with van der Waals surface area (Å²) in [7, 11) is 1.61. The molecule has 94 valence electrons. The summed E-state index contributed by atoms with van der Waals surface area (Å²) in [6, 6.07) is 7.55. The molecule has 1 aromatic heterocycles. The fourth-order valence-electron chi connectivity index (χ4n) is 1.52. The highest BCUT2D eigenvalue weighted by Crippen LogP contribution is 2.13. The van der Waals surface area contributed by atoms with E-state index in [0.717, 1.165) is 11.3 Å². The molecule has 0 atom stereocenters. The number of carbonyl (C=O) groups excluding carboxylic acids is 1. The lowest BCUT2D eigenvalue weighted by molar-refractivity contribution is -0.112. The van der Waals surface area contributed by atoms with Crippen LogP contribution in [0.15, 0.2) is 24.3 Å². The van der Waals surface area contributed by atoms with Gasteiger partial charge in [0.1, 0.15) is 12.3 Å². The molecular formula is C11H11ClN4O2. The molecule has 0 saturated carbocycles. The molecule has 0 fully saturated rings. The summed E-state index contributed by atoms with van der Waals surface area (Å²) in [6.45, 7) is -0.0277. The molecule has 0 saturated heterocycles. The number of ether oxygens (including phenoxy) is 1. The Bertz CT molecular complexity index is 538. The molecule has 1 aromatic carbocycles. The van der Waals surface area contributed by atoms with Crippen molar-refractivity contribution in [2.24, 2.45) is 0 Å². The molecule has 2 rings (SSSR count). The molecular weight excluding hydrogens is 256 g/mol. The van der Waals surface area contributed by atoms with Crippen molar-refractivity contribution in [3.8, 4) is 5.75 Å². The molecule has 0 bridgehead atoms. The first-order chi connectivity index (χ1) is 8.69. The summed E-state index contributed by atoms with van der Waals surface area (Å²) in [4.78, 5) is 10.8. The van der Waals surface area contributed by atoms with Crippen LogP contribution in [0.4, 0.5) is 0 Å². The molecule has 0 spiro atoms. The van der Waals surface area contributed by atoms with E-state index in [-0.39, 0.29) is 6.54 Å². The molecule has 0 amide bonds. The number of benzene rings is 1. The van der Waals surface area contributed by atoms with Gasteiger partial charge in [0, 0.05) is 6.42 Å². The molecule has 0 unspecified atom stereocenters. The topological polar surface area (TPSA) is 69.9 Å². The second-order valence-corrected chi connectivity index (χ2v) is 4.05. The summed E-state index contributed by atoms with van der Waals surface area (Å²) >= 11 is 5.31. The van der Waals surface area contributed by atoms with Gasteiger partial charge in [-0.05, 0) is 39.7 Å². The van der Waals surface area contributed by atoms with Crippen molar-refractivity contribution in [2.75, 3.05) is 7.11 Å². The Morgan fingerprint density at radius 1 is 1.39 bits per heavy atom. The number of halogens is 1. The second-order valence-electron chi connectivity index (χ2n) is 3.63. The van der Waals surface area contributed by atoms with E-state index in [9.17, 15) is 4.79 Å². The van der Waals surface area contributed by atoms with Crippen LogP contribution in [0.1, 0.15) is 11.4 Å². The van der Waals surface area contributed by atoms with Crippen LogP contribution in [-0.2, 0) is 17.8 Å². The predicted octanol–water partition coefficient (Wildman–Crippen LogP) is 1.04. The first-order valence-electron chi connectivity index (χ1n) is 5.25. The van der Waals surface area contributed by atoms with Gasteiger partial charge in [-0.3, -0.25) is 4.79 Å². The van der Waals surface area contributed by atoms with Gasteiger partial charge in [0.2, 0.25) is 5.24 Å². The van der Waals surface area contributed by atoms with Gasteiger partial charge in [-0.2, -0.15) is 0 Å². The van der Waals surface area contributed by atoms with E-state index in [1.54, 1.807) is 7.11 Å². The van der Waals surface area contributed by atoms with Crippen molar-refractivity contribution in [3.05, 3.63) is 35.7 Å². The van der Waals surface area contributed by atoms with Gasteiger partial charge in [-0.25, -0.2) is 4.68 Å². The largest absolute Gasteiger partial charge is 0.497 e. The van der Waals surface area contributed by atoms with E-state index >= 15 is 0 Å². The maximum atomic E-state index is 10.8. The van der Waals surface area contributed by atoms with Crippen LogP contribution in [0.5, 0.6) is 5.75 Å². The monoisotopic (exact) mass is 266 g/mol. The molecule has 0 aliphatic heterocycles. The zero-order valence-electron chi connectivity index (χ0n) is 9.71. The fourth-order valence-corrected chi connectivity index (χ4v) is 1.63. The SMILES string of the molecule is COc1ccc(Cc2nnnn2CC(=O)Cl)cc1. The highest BCUT2D eigenvalue weighted by atomic mass is 35.5. The minimum Gasteiger partial charge on any atom is -0.497 e. The third kappa shape index (κ3) is 3.04. The van der Waals surface area contributed by atoms with Gasteiger partial charge in [-0.15, -0.1) is 5.10 Å². The van der Waals surface area contributed by atoms with Gasteiger partial charge in [0.05, 0.1) is 7.11 Å². The first-order valence-corrected chi connectivity index (χ1v) is 5.63. The number of tetrazole rings is 1. The number of carbonyl (C=O) groups is 1. The molecule has 2 aromatic rings. The number of hydrogen-bond donors (Lipinski definition) is 0. The van der Waals surface area contributed by atoms with Crippen LogP contribution >= 0.6 is 11.6 Å². The summed E-state index contributed by atoms with van der Waals surface area (Å²) < 4.78 is 6.46. The molecule has 0 aliphatic carbocycles. The Labute approximate surface area is 109 Å². The Hall–Kier alpha value is -1.95. The Balaban J connectivity index is 2.12. The lowest BCUT2D eigenvalue weighted by Gasteiger charge is -2.03. The second kappa shape index (κ2) is 5.59. The van der Waals surface area contributed by atoms with Crippen molar-refractivity contribution < 1.29 is 9.53 Å². The van der Waals surface area contributed by atoms with Crippen LogP contribution in [-0.4, -0.2) is 32.6 Å². The smallest absolute Gasteiger partial charge is 0.243 e. The molecule has 1 heterocycles. The molecule has 6 nitrogen and oxygen atoms in total. The first kappa shape index (κ1) is 12.5. The highest BCUT2D eigenvalue weighted by molar-refractivity contribution is 6.63. The number of hydrogen-bond acceptors (Lipinski definition) is 5. The van der Waals surface area contributed by atoms with Gasteiger partial charge in [0.15, 0.2) is 5.82 Å². The normalized spacial score (nSPS) is 10.3. The number of aromatic nitrogens is 4. The molecule has 0 radical (unpaired) electrons. The highest BCUT2D eigenvalue weighted by Gasteiger charge is 2.09. The van der Waals surface area contributed by atoms with E-state index in [2.05, 4.69) is 15.5 Å². The van der Waals surface area contributed by atoms with Crippen LogP contribution in [0.25, 0.3) is 0 Å². The summed E-state index contributed by atoms with van der Waals surface area (Å²) in [5.74, 6) is 1.38. The summed E-state index contributed by atoms with van der Waals surface area (Å²) in [5.41, 5.74) is 1.02. The van der Waals surface area contributed by atoms with E-state index in [1.807, 2.05) is 24.3 Å². The van der Waals surface area contributed by atoms with Crippen LogP contribution < -0.4 is 4.74 Å².